The minimum atomic E-state index is -0.753. The first-order valence-corrected chi connectivity index (χ1v) is 3.19. The monoisotopic (exact) mass is 133 g/mol. The highest BCUT2D eigenvalue weighted by Crippen LogP contribution is 1.96. The highest BCUT2D eigenvalue weighted by atomic mass is 16.5. The SMILES string of the molecule is CCOCC(C)[C@H](N)O. The van der Waals surface area contributed by atoms with Crippen molar-refractivity contribution >= 4 is 0 Å². The van der Waals surface area contributed by atoms with E-state index in [9.17, 15) is 0 Å². The number of ether oxygens (including phenoxy) is 1. The maximum Gasteiger partial charge on any atom is 0.107 e. The van der Waals surface area contributed by atoms with Gasteiger partial charge in [-0.15, -0.1) is 0 Å². The second-order valence-corrected chi connectivity index (χ2v) is 2.13. The Morgan fingerprint density at radius 1 is 1.67 bits per heavy atom. The van der Waals surface area contributed by atoms with Crippen LogP contribution in [0.3, 0.4) is 0 Å². The largest absolute Gasteiger partial charge is 0.381 e. The molecule has 0 aliphatic rings. The van der Waals surface area contributed by atoms with Gasteiger partial charge in [-0.2, -0.15) is 0 Å². The Hall–Kier alpha value is -0.120. The molecule has 0 aliphatic carbocycles. The smallest absolute Gasteiger partial charge is 0.107 e. The second-order valence-electron chi connectivity index (χ2n) is 2.13. The Kier molecular flexibility index (Phi) is 4.67. The Bertz CT molecular complexity index is 66.1. The molecule has 0 aliphatic heterocycles. The summed E-state index contributed by atoms with van der Waals surface area (Å²) >= 11 is 0. The highest BCUT2D eigenvalue weighted by Gasteiger charge is 2.07. The third-order valence-electron chi connectivity index (χ3n) is 1.17. The second kappa shape index (κ2) is 4.73. The van der Waals surface area contributed by atoms with E-state index in [4.69, 9.17) is 15.6 Å². The predicted octanol–water partition coefficient (Wildman–Crippen LogP) is -0.0639. The quantitative estimate of drug-likeness (QED) is 0.528. The zero-order valence-electron chi connectivity index (χ0n) is 6.00. The lowest BCUT2D eigenvalue weighted by molar-refractivity contribution is 0.0439. The Labute approximate surface area is 55.8 Å². The molecule has 0 rings (SSSR count). The molecule has 3 N–H and O–H groups in total. The molecule has 0 bridgehead atoms. The van der Waals surface area contributed by atoms with Crippen LogP contribution in [0.15, 0.2) is 0 Å². The average Bonchev–Trinajstić information content (AvgIpc) is 1.82. The molecule has 0 radical (unpaired) electrons. The molecule has 9 heavy (non-hydrogen) atoms. The van der Waals surface area contributed by atoms with E-state index in [0.29, 0.717) is 13.2 Å². The van der Waals surface area contributed by atoms with Crippen LogP contribution in [-0.4, -0.2) is 24.5 Å². The van der Waals surface area contributed by atoms with Gasteiger partial charge in [0.05, 0.1) is 6.61 Å². The van der Waals surface area contributed by atoms with Gasteiger partial charge in [0.2, 0.25) is 0 Å². The van der Waals surface area contributed by atoms with Crippen LogP contribution >= 0.6 is 0 Å². The molecule has 0 fully saturated rings. The van der Waals surface area contributed by atoms with Gasteiger partial charge >= 0.3 is 0 Å². The highest BCUT2D eigenvalue weighted by molar-refractivity contribution is 4.54. The van der Waals surface area contributed by atoms with Crippen molar-refractivity contribution in [3.8, 4) is 0 Å². The number of aliphatic hydroxyl groups excluding tert-OH is 1. The van der Waals surface area contributed by atoms with Gasteiger partial charge in [0.15, 0.2) is 0 Å². The summed E-state index contributed by atoms with van der Waals surface area (Å²) in [5, 5.41) is 8.75. The van der Waals surface area contributed by atoms with E-state index >= 15 is 0 Å². The van der Waals surface area contributed by atoms with Crippen LogP contribution in [0.25, 0.3) is 0 Å². The van der Waals surface area contributed by atoms with Crippen molar-refractivity contribution in [3.05, 3.63) is 0 Å². The number of hydrogen-bond acceptors (Lipinski definition) is 3. The van der Waals surface area contributed by atoms with Crippen LogP contribution < -0.4 is 5.73 Å². The number of hydrogen-bond donors (Lipinski definition) is 2. The summed E-state index contributed by atoms with van der Waals surface area (Å²) in [5.41, 5.74) is 5.15. The summed E-state index contributed by atoms with van der Waals surface area (Å²) in [6.07, 6.45) is -0.753. The van der Waals surface area contributed by atoms with E-state index in [1.165, 1.54) is 0 Å². The van der Waals surface area contributed by atoms with E-state index in [2.05, 4.69) is 0 Å². The van der Waals surface area contributed by atoms with Crippen molar-refractivity contribution in [2.75, 3.05) is 13.2 Å². The fourth-order valence-corrected chi connectivity index (χ4v) is 0.402. The summed E-state index contributed by atoms with van der Waals surface area (Å²) in [6, 6.07) is 0. The third-order valence-corrected chi connectivity index (χ3v) is 1.17. The van der Waals surface area contributed by atoms with E-state index in [0.717, 1.165) is 0 Å². The molecule has 0 amide bonds. The minimum Gasteiger partial charge on any atom is -0.381 e. The Morgan fingerprint density at radius 2 is 2.22 bits per heavy atom. The minimum absolute atomic E-state index is 0.0324. The maximum absolute atomic E-state index is 8.75. The van der Waals surface area contributed by atoms with Gasteiger partial charge in [0.1, 0.15) is 6.23 Å². The summed E-state index contributed by atoms with van der Waals surface area (Å²) in [4.78, 5) is 0. The van der Waals surface area contributed by atoms with E-state index in [1.54, 1.807) is 0 Å². The first-order valence-electron chi connectivity index (χ1n) is 3.19. The van der Waals surface area contributed by atoms with Crippen molar-refractivity contribution < 1.29 is 9.84 Å². The van der Waals surface area contributed by atoms with Gasteiger partial charge in [-0.05, 0) is 6.92 Å². The molecule has 0 aromatic heterocycles. The lowest BCUT2D eigenvalue weighted by atomic mass is 10.2. The van der Waals surface area contributed by atoms with Crippen molar-refractivity contribution in [3.63, 3.8) is 0 Å². The molecular formula is C6H15NO2. The van der Waals surface area contributed by atoms with Crippen LogP contribution in [0, 0.1) is 5.92 Å². The molecule has 2 atom stereocenters. The standard InChI is InChI=1S/C6H15NO2/c1-3-9-4-5(2)6(7)8/h5-6,8H,3-4,7H2,1-2H3/t5?,6-/m1/s1. The average molecular weight is 133 g/mol. The van der Waals surface area contributed by atoms with Crippen LogP contribution in [-0.2, 0) is 4.74 Å². The van der Waals surface area contributed by atoms with Crippen LogP contribution in [0.2, 0.25) is 0 Å². The van der Waals surface area contributed by atoms with Crippen molar-refractivity contribution in [1.29, 1.82) is 0 Å². The third kappa shape index (κ3) is 4.39. The zero-order chi connectivity index (χ0) is 7.28. The molecule has 1 unspecified atom stereocenters. The number of aliphatic hydroxyl groups is 1. The molecule has 3 heteroatoms. The summed E-state index contributed by atoms with van der Waals surface area (Å²) in [5.74, 6) is 0.0324. The molecule has 0 heterocycles. The molecule has 56 valence electrons. The molecular weight excluding hydrogens is 118 g/mol. The molecule has 0 spiro atoms. The maximum atomic E-state index is 8.75. The van der Waals surface area contributed by atoms with Gasteiger partial charge in [0, 0.05) is 12.5 Å². The summed E-state index contributed by atoms with van der Waals surface area (Å²) in [6.45, 7) is 4.97. The van der Waals surface area contributed by atoms with Gasteiger partial charge in [-0.1, -0.05) is 6.92 Å². The lowest BCUT2D eigenvalue weighted by Gasteiger charge is -2.13. The molecule has 0 aromatic carbocycles. The van der Waals surface area contributed by atoms with Crippen LogP contribution in [0.4, 0.5) is 0 Å². The van der Waals surface area contributed by atoms with Crippen LogP contribution in [0.5, 0.6) is 0 Å². The first kappa shape index (κ1) is 8.88. The molecule has 3 nitrogen and oxygen atoms in total. The Balaban J connectivity index is 3.16. The first-order chi connectivity index (χ1) is 4.18. The van der Waals surface area contributed by atoms with Crippen molar-refractivity contribution in [2.45, 2.75) is 20.1 Å². The zero-order valence-corrected chi connectivity index (χ0v) is 6.00. The number of rotatable bonds is 4. The molecule has 0 saturated heterocycles. The van der Waals surface area contributed by atoms with Gasteiger partial charge in [-0.3, -0.25) is 0 Å². The summed E-state index contributed by atoms with van der Waals surface area (Å²) < 4.78 is 5.02. The van der Waals surface area contributed by atoms with Gasteiger partial charge in [0.25, 0.3) is 0 Å². The van der Waals surface area contributed by atoms with Gasteiger partial charge in [-0.25, -0.2) is 0 Å². The van der Waals surface area contributed by atoms with Gasteiger partial charge < -0.3 is 15.6 Å². The van der Waals surface area contributed by atoms with E-state index in [-0.39, 0.29) is 5.92 Å². The number of nitrogens with two attached hydrogens (primary N) is 1. The van der Waals surface area contributed by atoms with E-state index < -0.39 is 6.23 Å². The molecule has 0 aromatic rings. The normalized spacial score (nSPS) is 17.3. The van der Waals surface area contributed by atoms with Crippen molar-refractivity contribution in [2.24, 2.45) is 11.7 Å². The summed E-state index contributed by atoms with van der Waals surface area (Å²) in [7, 11) is 0. The predicted molar refractivity (Wildman–Crippen MR) is 35.9 cm³/mol. The van der Waals surface area contributed by atoms with E-state index in [1.807, 2.05) is 13.8 Å². The fraction of sp³-hybridized carbons (Fsp3) is 1.00. The topological polar surface area (TPSA) is 55.5 Å². The van der Waals surface area contributed by atoms with Crippen molar-refractivity contribution in [1.82, 2.24) is 0 Å². The Morgan fingerprint density at radius 3 is 2.56 bits per heavy atom. The van der Waals surface area contributed by atoms with Crippen LogP contribution in [0.1, 0.15) is 13.8 Å². The fourth-order valence-electron chi connectivity index (χ4n) is 0.402. The molecule has 0 saturated carbocycles. The lowest BCUT2D eigenvalue weighted by Crippen LogP contribution is -2.30.